The Labute approximate surface area is 176 Å². The zero-order valence-electron chi connectivity index (χ0n) is 15.4. The molecule has 1 N–H and O–H groups in total. The minimum Gasteiger partial charge on any atom is -0.411 e. The minimum atomic E-state index is -0.332. The molecule has 0 saturated carbocycles. The van der Waals surface area contributed by atoms with Gasteiger partial charge in [0.25, 0.3) is 5.22 Å². The van der Waals surface area contributed by atoms with Crippen LogP contribution in [0.25, 0.3) is 11.5 Å². The van der Waals surface area contributed by atoms with Gasteiger partial charge in [0.05, 0.1) is 16.9 Å². The van der Waals surface area contributed by atoms with E-state index < -0.39 is 0 Å². The van der Waals surface area contributed by atoms with Crippen LogP contribution >= 0.6 is 27.7 Å². The van der Waals surface area contributed by atoms with E-state index in [9.17, 15) is 4.79 Å². The first kappa shape index (κ1) is 19.2. The SMILES string of the molecule is C[C@@H](Sc1nnc(-c2ccccc2Br)o1)C(=O)N[C@H]1CCCc2ccccc21. The van der Waals surface area contributed by atoms with Crippen molar-refractivity contribution in [2.45, 2.75) is 42.7 Å². The van der Waals surface area contributed by atoms with Gasteiger partial charge < -0.3 is 9.73 Å². The van der Waals surface area contributed by atoms with Gasteiger partial charge in [-0.2, -0.15) is 0 Å². The van der Waals surface area contributed by atoms with Gasteiger partial charge in [-0.25, -0.2) is 0 Å². The third-order valence-corrected chi connectivity index (χ3v) is 6.47. The van der Waals surface area contributed by atoms with Crippen LogP contribution in [-0.2, 0) is 11.2 Å². The van der Waals surface area contributed by atoms with Crippen molar-refractivity contribution < 1.29 is 9.21 Å². The second kappa shape index (κ2) is 8.49. The molecule has 2 aromatic carbocycles. The molecule has 0 saturated heterocycles. The summed E-state index contributed by atoms with van der Waals surface area (Å²) in [5, 5.41) is 11.4. The predicted molar refractivity (Wildman–Crippen MR) is 113 cm³/mol. The summed E-state index contributed by atoms with van der Waals surface area (Å²) in [6.45, 7) is 1.86. The van der Waals surface area contributed by atoms with Crippen molar-refractivity contribution in [1.82, 2.24) is 15.5 Å². The van der Waals surface area contributed by atoms with Crippen LogP contribution in [-0.4, -0.2) is 21.4 Å². The molecule has 144 valence electrons. The fraction of sp³-hybridized carbons (Fsp3) is 0.286. The molecule has 0 unspecified atom stereocenters. The number of amides is 1. The summed E-state index contributed by atoms with van der Waals surface area (Å²) < 4.78 is 6.63. The van der Waals surface area contributed by atoms with E-state index in [0.29, 0.717) is 11.1 Å². The minimum absolute atomic E-state index is 0.0210. The molecule has 0 fully saturated rings. The van der Waals surface area contributed by atoms with E-state index in [0.717, 1.165) is 29.3 Å². The van der Waals surface area contributed by atoms with Crippen molar-refractivity contribution in [3.63, 3.8) is 0 Å². The fourth-order valence-electron chi connectivity index (χ4n) is 3.40. The molecule has 3 aromatic rings. The van der Waals surface area contributed by atoms with Gasteiger partial charge >= 0.3 is 0 Å². The van der Waals surface area contributed by atoms with Crippen LogP contribution < -0.4 is 5.32 Å². The van der Waals surface area contributed by atoms with Crippen LogP contribution in [0, 0.1) is 0 Å². The van der Waals surface area contributed by atoms with Crippen molar-refractivity contribution in [2.75, 3.05) is 0 Å². The Morgan fingerprint density at radius 2 is 2.00 bits per heavy atom. The van der Waals surface area contributed by atoms with Gasteiger partial charge in [-0.05, 0) is 65.4 Å². The second-order valence-corrected chi connectivity index (χ2v) is 8.91. The molecule has 5 nitrogen and oxygen atoms in total. The van der Waals surface area contributed by atoms with Crippen LogP contribution in [0.5, 0.6) is 0 Å². The summed E-state index contributed by atoms with van der Waals surface area (Å²) in [4.78, 5) is 12.7. The molecule has 4 rings (SSSR count). The van der Waals surface area contributed by atoms with Gasteiger partial charge in [-0.1, -0.05) is 48.2 Å². The first-order valence-corrected chi connectivity index (χ1v) is 10.9. The molecular weight excluding hydrogens is 438 g/mol. The van der Waals surface area contributed by atoms with Crippen LogP contribution in [0.15, 0.2) is 62.6 Å². The van der Waals surface area contributed by atoms with Crippen molar-refractivity contribution in [3.8, 4) is 11.5 Å². The third kappa shape index (κ3) is 4.15. The topological polar surface area (TPSA) is 68.0 Å². The van der Waals surface area contributed by atoms with E-state index >= 15 is 0 Å². The predicted octanol–water partition coefficient (Wildman–Crippen LogP) is 5.17. The van der Waals surface area contributed by atoms with E-state index in [2.05, 4.69) is 49.6 Å². The molecule has 0 aliphatic heterocycles. The van der Waals surface area contributed by atoms with Crippen molar-refractivity contribution in [1.29, 1.82) is 0 Å². The Balaban J connectivity index is 1.41. The Hall–Kier alpha value is -2.12. The molecular formula is C21H20BrN3O2S. The normalized spacial score (nSPS) is 17.0. The summed E-state index contributed by atoms with van der Waals surface area (Å²) in [6.07, 6.45) is 3.13. The van der Waals surface area contributed by atoms with E-state index in [1.165, 1.54) is 22.9 Å². The van der Waals surface area contributed by atoms with E-state index in [1.54, 1.807) is 0 Å². The van der Waals surface area contributed by atoms with Crippen LogP contribution in [0.1, 0.15) is 36.9 Å². The average Bonchev–Trinajstić information content (AvgIpc) is 3.16. The summed E-state index contributed by atoms with van der Waals surface area (Å²) in [7, 11) is 0. The average molecular weight is 458 g/mol. The number of rotatable bonds is 5. The number of hydrogen-bond donors (Lipinski definition) is 1. The molecule has 1 aromatic heterocycles. The second-order valence-electron chi connectivity index (χ2n) is 6.77. The standard InChI is InChI=1S/C21H20BrN3O2S/c1-13(19(26)23-18-12-6-8-14-7-2-3-9-15(14)18)28-21-25-24-20(27-21)16-10-4-5-11-17(16)22/h2-5,7,9-11,13,18H,6,8,12H2,1H3,(H,23,26)/t13-,18+/m1/s1. The molecule has 1 aliphatic rings. The van der Waals surface area contributed by atoms with Crippen molar-refractivity contribution in [3.05, 3.63) is 64.1 Å². The maximum atomic E-state index is 12.7. The van der Waals surface area contributed by atoms with Crippen LogP contribution in [0.2, 0.25) is 0 Å². The number of carbonyl (C=O) groups is 1. The molecule has 1 amide bonds. The van der Waals surface area contributed by atoms with E-state index in [-0.39, 0.29) is 17.2 Å². The number of benzene rings is 2. The first-order chi connectivity index (χ1) is 13.6. The number of halogens is 1. The van der Waals surface area contributed by atoms with Gasteiger partial charge in [0.15, 0.2) is 0 Å². The number of fused-ring (bicyclic) bond motifs is 1. The summed E-state index contributed by atoms with van der Waals surface area (Å²) >= 11 is 4.76. The number of thioether (sulfide) groups is 1. The highest BCUT2D eigenvalue weighted by atomic mass is 79.9. The number of aromatic nitrogens is 2. The number of hydrogen-bond acceptors (Lipinski definition) is 5. The summed E-state index contributed by atoms with van der Waals surface area (Å²) in [6, 6.07) is 16.1. The quantitative estimate of drug-likeness (QED) is 0.534. The molecule has 28 heavy (non-hydrogen) atoms. The zero-order valence-corrected chi connectivity index (χ0v) is 17.8. The molecule has 7 heteroatoms. The maximum absolute atomic E-state index is 12.7. The molecule has 0 radical (unpaired) electrons. The monoisotopic (exact) mass is 457 g/mol. The van der Waals surface area contributed by atoms with Crippen molar-refractivity contribution >= 4 is 33.6 Å². The Morgan fingerprint density at radius 3 is 2.86 bits per heavy atom. The van der Waals surface area contributed by atoms with Crippen LogP contribution in [0.3, 0.4) is 0 Å². The number of nitrogens with zero attached hydrogens (tertiary/aromatic N) is 2. The smallest absolute Gasteiger partial charge is 0.277 e. The van der Waals surface area contributed by atoms with Crippen LogP contribution in [0.4, 0.5) is 0 Å². The van der Waals surface area contributed by atoms with Gasteiger partial charge in [-0.3, -0.25) is 4.79 Å². The van der Waals surface area contributed by atoms with Gasteiger partial charge in [-0.15, -0.1) is 10.2 Å². The Kier molecular flexibility index (Phi) is 5.82. The highest BCUT2D eigenvalue weighted by Gasteiger charge is 2.25. The maximum Gasteiger partial charge on any atom is 0.277 e. The Bertz CT molecular complexity index is 991. The summed E-state index contributed by atoms with van der Waals surface area (Å²) in [5.74, 6) is 0.413. The molecule has 0 spiro atoms. The lowest BCUT2D eigenvalue weighted by molar-refractivity contribution is -0.121. The van der Waals surface area contributed by atoms with E-state index in [1.807, 2.05) is 37.3 Å². The zero-order chi connectivity index (χ0) is 19.5. The largest absolute Gasteiger partial charge is 0.411 e. The Morgan fingerprint density at radius 1 is 1.21 bits per heavy atom. The number of aryl methyl sites for hydroxylation is 1. The van der Waals surface area contributed by atoms with Crippen molar-refractivity contribution in [2.24, 2.45) is 0 Å². The lowest BCUT2D eigenvalue weighted by Gasteiger charge is -2.27. The molecule has 0 bridgehead atoms. The lowest BCUT2D eigenvalue weighted by atomic mass is 9.88. The third-order valence-electron chi connectivity index (χ3n) is 4.84. The number of carbonyl (C=O) groups excluding carboxylic acids is 1. The molecule has 1 aliphatic carbocycles. The summed E-state index contributed by atoms with van der Waals surface area (Å²) in [5.41, 5.74) is 3.39. The highest BCUT2D eigenvalue weighted by Crippen LogP contribution is 2.32. The number of nitrogens with one attached hydrogen (secondary N) is 1. The first-order valence-electron chi connectivity index (χ1n) is 9.25. The van der Waals surface area contributed by atoms with Gasteiger partial charge in [0.1, 0.15) is 0 Å². The van der Waals surface area contributed by atoms with E-state index in [4.69, 9.17) is 4.42 Å². The fourth-order valence-corrected chi connectivity index (χ4v) is 4.55. The van der Waals surface area contributed by atoms with Gasteiger partial charge in [0.2, 0.25) is 11.8 Å². The van der Waals surface area contributed by atoms with Gasteiger partial charge in [0, 0.05) is 4.47 Å². The lowest BCUT2D eigenvalue weighted by Crippen LogP contribution is -2.35. The molecule has 2 atom stereocenters. The molecule has 1 heterocycles. The highest BCUT2D eigenvalue weighted by molar-refractivity contribution is 9.10.